The summed E-state index contributed by atoms with van der Waals surface area (Å²) in [5, 5.41) is 3.62. The van der Waals surface area contributed by atoms with E-state index in [-0.39, 0.29) is 0 Å². The lowest BCUT2D eigenvalue weighted by molar-refractivity contribution is 0.0696. The van der Waals surface area contributed by atoms with Gasteiger partial charge in [0.15, 0.2) is 0 Å². The molecule has 1 rings (SSSR count). The molecule has 1 heterocycles. The molecule has 0 aromatic rings. The molecule has 1 aliphatic heterocycles. The van der Waals surface area contributed by atoms with Crippen LogP contribution in [-0.2, 0) is 0 Å². The van der Waals surface area contributed by atoms with Crippen LogP contribution in [0.1, 0.15) is 53.9 Å². The molecule has 4 unspecified atom stereocenters. The quantitative estimate of drug-likeness (QED) is 0.775. The Labute approximate surface area is 102 Å². The lowest BCUT2D eigenvalue weighted by Gasteiger charge is -2.43. The van der Waals surface area contributed by atoms with Gasteiger partial charge in [-0.3, -0.25) is 4.90 Å². The zero-order valence-corrected chi connectivity index (χ0v) is 11.8. The van der Waals surface area contributed by atoms with E-state index in [1.807, 2.05) is 0 Å². The number of likely N-dealkylation sites (tertiary alicyclic amines) is 1. The van der Waals surface area contributed by atoms with E-state index >= 15 is 0 Å². The van der Waals surface area contributed by atoms with E-state index in [9.17, 15) is 0 Å². The molecule has 2 nitrogen and oxygen atoms in total. The predicted molar refractivity (Wildman–Crippen MR) is 71.8 cm³/mol. The fourth-order valence-electron chi connectivity index (χ4n) is 3.18. The molecule has 1 aliphatic rings. The molecule has 4 atom stereocenters. The van der Waals surface area contributed by atoms with E-state index in [1.165, 1.54) is 25.8 Å². The number of rotatable bonds is 5. The SMILES string of the molecule is CCNC(CC)C(C)N1CCC(C)CC1C. The second kappa shape index (κ2) is 6.61. The predicted octanol–water partition coefficient (Wildman–Crippen LogP) is 2.88. The van der Waals surface area contributed by atoms with Crippen molar-refractivity contribution in [3.63, 3.8) is 0 Å². The van der Waals surface area contributed by atoms with Crippen molar-refractivity contribution < 1.29 is 0 Å². The summed E-state index contributed by atoms with van der Waals surface area (Å²) < 4.78 is 0. The number of hydrogen-bond acceptors (Lipinski definition) is 2. The van der Waals surface area contributed by atoms with Crippen molar-refractivity contribution in [2.75, 3.05) is 13.1 Å². The first kappa shape index (κ1) is 14.0. The van der Waals surface area contributed by atoms with Gasteiger partial charge in [0.2, 0.25) is 0 Å². The van der Waals surface area contributed by atoms with Crippen molar-refractivity contribution >= 4 is 0 Å². The molecule has 0 spiro atoms. The molecule has 0 amide bonds. The third-order valence-corrected chi connectivity index (χ3v) is 4.20. The van der Waals surface area contributed by atoms with Gasteiger partial charge in [-0.25, -0.2) is 0 Å². The van der Waals surface area contributed by atoms with Gasteiger partial charge in [-0.1, -0.05) is 20.8 Å². The third kappa shape index (κ3) is 3.46. The first-order chi connectivity index (χ1) is 7.60. The summed E-state index contributed by atoms with van der Waals surface area (Å²) in [6.07, 6.45) is 3.97. The van der Waals surface area contributed by atoms with Gasteiger partial charge in [0.05, 0.1) is 0 Å². The van der Waals surface area contributed by atoms with Crippen molar-refractivity contribution in [3.8, 4) is 0 Å². The Morgan fingerprint density at radius 3 is 2.50 bits per heavy atom. The number of piperidine rings is 1. The topological polar surface area (TPSA) is 15.3 Å². The molecular formula is C14H30N2. The molecule has 0 aliphatic carbocycles. The number of likely N-dealkylation sites (N-methyl/N-ethyl adjacent to an activating group) is 1. The van der Waals surface area contributed by atoms with E-state index in [1.54, 1.807) is 0 Å². The monoisotopic (exact) mass is 226 g/mol. The van der Waals surface area contributed by atoms with Crippen LogP contribution in [0.15, 0.2) is 0 Å². The first-order valence-electron chi connectivity index (χ1n) is 7.09. The van der Waals surface area contributed by atoms with Crippen molar-refractivity contribution in [3.05, 3.63) is 0 Å². The van der Waals surface area contributed by atoms with E-state index in [0.717, 1.165) is 18.5 Å². The molecular weight excluding hydrogens is 196 g/mol. The van der Waals surface area contributed by atoms with Gasteiger partial charge < -0.3 is 5.32 Å². The van der Waals surface area contributed by atoms with E-state index in [2.05, 4.69) is 44.8 Å². The standard InChI is InChI=1S/C14H30N2/c1-6-14(15-7-2)13(5)16-9-8-11(3)10-12(16)4/h11-15H,6-10H2,1-5H3. The van der Waals surface area contributed by atoms with Crippen molar-refractivity contribution in [1.29, 1.82) is 0 Å². The molecule has 0 saturated carbocycles. The van der Waals surface area contributed by atoms with Crippen LogP contribution in [0.4, 0.5) is 0 Å². The second-order valence-corrected chi connectivity index (χ2v) is 5.53. The fourth-order valence-corrected chi connectivity index (χ4v) is 3.18. The average molecular weight is 226 g/mol. The van der Waals surface area contributed by atoms with Gasteiger partial charge in [0.25, 0.3) is 0 Å². The Balaban J connectivity index is 2.54. The minimum atomic E-state index is 0.654. The summed E-state index contributed by atoms with van der Waals surface area (Å²) in [6.45, 7) is 14.0. The molecule has 16 heavy (non-hydrogen) atoms. The lowest BCUT2D eigenvalue weighted by Crippen LogP contribution is -2.53. The smallest absolute Gasteiger partial charge is 0.0223 e. The van der Waals surface area contributed by atoms with Crippen LogP contribution in [0.2, 0.25) is 0 Å². The van der Waals surface area contributed by atoms with Gasteiger partial charge >= 0.3 is 0 Å². The van der Waals surface area contributed by atoms with Crippen molar-refractivity contribution in [2.45, 2.75) is 72.0 Å². The molecule has 0 radical (unpaired) electrons. The Morgan fingerprint density at radius 1 is 1.31 bits per heavy atom. The third-order valence-electron chi connectivity index (χ3n) is 4.20. The molecule has 1 fully saturated rings. The van der Waals surface area contributed by atoms with Crippen LogP contribution < -0.4 is 5.32 Å². The Kier molecular flexibility index (Phi) is 5.77. The summed E-state index contributed by atoms with van der Waals surface area (Å²) in [6, 6.07) is 2.08. The highest BCUT2D eigenvalue weighted by atomic mass is 15.2. The second-order valence-electron chi connectivity index (χ2n) is 5.53. The summed E-state index contributed by atoms with van der Waals surface area (Å²) in [7, 11) is 0. The minimum Gasteiger partial charge on any atom is -0.313 e. The van der Waals surface area contributed by atoms with E-state index in [0.29, 0.717) is 12.1 Å². The molecule has 1 N–H and O–H groups in total. The Hall–Kier alpha value is -0.0800. The first-order valence-corrected chi connectivity index (χ1v) is 7.09. The lowest BCUT2D eigenvalue weighted by atomic mass is 9.90. The van der Waals surface area contributed by atoms with Gasteiger partial charge in [0.1, 0.15) is 0 Å². The molecule has 0 bridgehead atoms. The Bertz CT molecular complexity index is 193. The van der Waals surface area contributed by atoms with Crippen molar-refractivity contribution in [1.82, 2.24) is 10.2 Å². The van der Waals surface area contributed by atoms with Crippen LogP contribution >= 0.6 is 0 Å². The fraction of sp³-hybridized carbons (Fsp3) is 1.00. The summed E-state index contributed by atoms with van der Waals surface area (Å²) in [5.41, 5.74) is 0. The average Bonchev–Trinajstić information content (AvgIpc) is 2.25. The zero-order valence-electron chi connectivity index (χ0n) is 11.8. The van der Waals surface area contributed by atoms with E-state index in [4.69, 9.17) is 0 Å². The normalized spacial score (nSPS) is 31.3. The van der Waals surface area contributed by atoms with Gasteiger partial charge in [-0.2, -0.15) is 0 Å². The van der Waals surface area contributed by atoms with Crippen LogP contribution in [0.5, 0.6) is 0 Å². The highest BCUT2D eigenvalue weighted by Crippen LogP contribution is 2.25. The Morgan fingerprint density at radius 2 is 2.00 bits per heavy atom. The van der Waals surface area contributed by atoms with Crippen molar-refractivity contribution in [2.24, 2.45) is 5.92 Å². The van der Waals surface area contributed by atoms with Gasteiger partial charge in [0, 0.05) is 18.1 Å². The summed E-state index contributed by atoms with van der Waals surface area (Å²) >= 11 is 0. The zero-order chi connectivity index (χ0) is 12.1. The number of hydrogen-bond donors (Lipinski definition) is 1. The van der Waals surface area contributed by atoms with Crippen LogP contribution in [0, 0.1) is 5.92 Å². The number of nitrogens with zero attached hydrogens (tertiary/aromatic N) is 1. The summed E-state index contributed by atoms with van der Waals surface area (Å²) in [4.78, 5) is 2.71. The van der Waals surface area contributed by atoms with Crippen LogP contribution in [0.3, 0.4) is 0 Å². The van der Waals surface area contributed by atoms with Crippen LogP contribution in [0.25, 0.3) is 0 Å². The van der Waals surface area contributed by atoms with E-state index < -0.39 is 0 Å². The van der Waals surface area contributed by atoms with Gasteiger partial charge in [-0.15, -0.1) is 0 Å². The largest absolute Gasteiger partial charge is 0.313 e. The maximum atomic E-state index is 3.62. The molecule has 96 valence electrons. The minimum absolute atomic E-state index is 0.654. The molecule has 2 heteroatoms. The molecule has 0 aromatic heterocycles. The van der Waals surface area contributed by atoms with Gasteiger partial charge in [-0.05, 0) is 52.1 Å². The molecule has 1 saturated heterocycles. The highest BCUT2D eigenvalue weighted by Gasteiger charge is 2.29. The maximum Gasteiger partial charge on any atom is 0.0223 e. The summed E-state index contributed by atoms with van der Waals surface area (Å²) in [5.74, 6) is 0.915. The maximum absolute atomic E-state index is 3.62. The van der Waals surface area contributed by atoms with Crippen LogP contribution in [-0.4, -0.2) is 36.1 Å². The molecule has 0 aromatic carbocycles. The highest BCUT2D eigenvalue weighted by molar-refractivity contribution is 4.86. The number of nitrogens with one attached hydrogen (secondary N) is 1.